The highest BCUT2D eigenvalue weighted by Gasteiger charge is 2.53. The Bertz CT molecular complexity index is 1120. The van der Waals surface area contributed by atoms with Crippen LogP contribution in [0.5, 0.6) is 0 Å². The van der Waals surface area contributed by atoms with E-state index in [0.29, 0.717) is 12.0 Å². The van der Waals surface area contributed by atoms with Gasteiger partial charge in [0.1, 0.15) is 11.6 Å². The van der Waals surface area contributed by atoms with Gasteiger partial charge in [0, 0.05) is 29.1 Å². The van der Waals surface area contributed by atoms with Crippen LogP contribution in [0.3, 0.4) is 0 Å². The molecule has 2 unspecified atom stereocenters. The smallest absolute Gasteiger partial charge is 0.262 e. The molecule has 0 spiro atoms. The molecule has 2 aromatic rings. The summed E-state index contributed by atoms with van der Waals surface area (Å²) in [6.07, 6.45) is 0.674. The van der Waals surface area contributed by atoms with Crippen LogP contribution in [-0.2, 0) is 5.41 Å². The van der Waals surface area contributed by atoms with Crippen molar-refractivity contribution in [1.82, 2.24) is 10.2 Å². The topological polar surface area (TPSA) is 66.5 Å². The van der Waals surface area contributed by atoms with Gasteiger partial charge in [-0.2, -0.15) is 0 Å². The third kappa shape index (κ3) is 3.42. The van der Waals surface area contributed by atoms with Crippen molar-refractivity contribution in [2.45, 2.75) is 45.1 Å². The summed E-state index contributed by atoms with van der Waals surface area (Å²) in [7, 11) is 0. The van der Waals surface area contributed by atoms with Gasteiger partial charge in [0.2, 0.25) is 0 Å². The van der Waals surface area contributed by atoms with Crippen molar-refractivity contribution in [2.75, 3.05) is 6.54 Å². The molecule has 1 heterocycles. The van der Waals surface area contributed by atoms with Gasteiger partial charge in [-0.3, -0.25) is 19.3 Å². The summed E-state index contributed by atoms with van der Waals surface area (Å²) in [5, 5.41) is 2.82. The Morgan fingerprint density at radius 3 is 2.32 bits per heavy atom. The summed E-state index contributed by atoms with van der Waals surface area (Å²) in [5.41, 5.74) is -0.151. The maximum Gasteiger partial charge on any atom is 0.262 e. The van der Waals surface area contributed by atoms with Crippen LogP contribution in [0.15, 0.2) is 36.4 Å². The Balaban J connectivity index is 1.54. The Morgan fingerprint density at radius 1 is 1.10 bits per heavy atom. The number of imide groups is 1. The lowest BCUT2D eigenvalue weighted by Gasteiger charge is -2.29. The van der Waals surface area contributed by atoms with Crippen LogP contribution >= 0.6 is 0 Å². The number of hydrogen-bond donors (Lipinski definition) is 1. The molecule has 0 radical (unpaired) electrons. The monoisotopic (exact) mass is 426 g/mol. The minimum atomic E-state index is -0.677. The van der Waals surface area contributed by atoms with Gasteiger partial charge in [-0.15, -0.1) is 0 Å². The second kappa shape index (κ2) is 6.97. The molecule has 5 nitrogen and oxygen atoms in total. The van der Waals surface area contributed by atoms with Gasteiger partial charge in [0.15, 0.2) is 0 Å². The SMILES string of the molecule is CC1CC1(CNC(=O)c1ccc2c(c1)C(=O)N(C(C)(C)C)C2=O)c1ccc(F)cc1F. The number of nitrogens with one attached hydrogen (secondary N) is 1. The lowest BCUT2D eigenvalue weighted by molar-refractivity contribution is 0.0507. The summed E-state index contributed by atoms with van der Waals surface area (Å²) in [6.45, 7) is 7.46. The van der Waals surface area contributed by atoms with Gasteiger partial charge < -0.3 is 5.32 Å². The van der Waals surface area contributed by atoms with Crippen molar-refractivity contribution in [3.05, 3.63) is 70.3 Å². The van der Waals surface area contributed by atoms with Gasteiger partial charge in [0.25, 0.3) is 17.7 Å². The normalized spacial score (nSPS) is 22.5. The van der Waals surface area contributed by atoms with Crippen molar-refractivity contribution in [3.8, 4) is 0 Å². The van der Waals surface area contributed by atoms with Crippen LogP contribution in [0.4, 0.5) is 8.78 Å². The first-order chi connectivity index (χ1) is 14.5. The van der Waals surface area contributed by atoms with E-state index >= 15 is 0 Å². The van der Waals surface area contributed by atoms with Crippen molar-refractivity contribution in [2.24, 2.45) is 5.92 Å². The lowest BCUT2D eigenvalue weighted by Crippen LogP contribution is -2.45. The van der Waals surface area contributed by atoms with E-state index in [0.717, 1.165) is 6.07 Å². The fourth-order valence-electron chi connectivity index (χ4n) is 4.43. The first-order valence-corrected chi connectivity index (χ1v) is 10.2. The van der Waals surface area contributed by atoms with Crippen molar-refractivity contribution in [3.63, 3.8) is 0 Å². The summed E-state index contributed by atoms with van der Waals surface area (Å²) < 4.78 is 27.6. The van der Waals surface area contributed by atoms with Crippen LogP contribution in [-0.4, -0.2) is 34.7 Å². The second-order valence-electron chi connectivity index (χ2n) is 9.45. The fraction of sp³-hybridized carbons (Fsp3) is 0.375. The number of amides is 3. The molecule has 3 amide bonds. The molecule has 4 rings (SSSR count). The summed E-state index contributed by atoms with van der Waals surface area (Å²) in [4.78, 5) is 39.3. The summed E-state index contributed by atoms with van der Waals surface area (Å²) >= 11 is 0. The molecule has 1 aliphatic carbocycles. The van der Waals surface area contributed by atoms with Crippen LogP contribution in [0.2, 0.25) is 0 Å². The molecule has 7 heteroatoms. The maximum absolute atomic E-state index is 14.3. The summed E-state index contributed by atoms with van der Waals surface area (Å²) in [6, 6.07) is 7.93. The third-order valence-electron chi connectivity index (χ3n) is 6.31. The molecule has 0 bridgehead atoms. The Labute approximate surface area is 179 Å². The maximum atomic E-state index is 14.3. The Hall–Kier alpha value is -3.09. The average Bonchev–Trinajstić information content (AvgIpc) is 3.26. The number of rotatable bonds is 4. The first kappa shape index (κ1) is 21.2. The van der Waals surface area contributed by atoms with Crippen LogP contribution in [0, 0.1) is 17.6 Å². The minimum absolute atomic E-state index is 0.132. The van der Waals surface area contributed by atoms with Crippen molar-refractivity contribution >= 4 is 17.7 Å². The first-order valence-electron chi connectivity index (χ1n) is 10.2. The number of benzene rings is 2. The van der Waals surface area contributed by atoms with E-state index in [9.17, 15) is 23.2 Å². The largest absolute Gasteiger partial charge is 0.351 e. The molecule has 2 atom stereocenters. The number of nitrogens with zero attached hydrogens (tertiary/aromatic N) is 1. The van der Waals surface area contributed by atoms with Gasteiger partial charge in [-0.25, -0.2) is 8.78 Å². The highest BCUT2D eigenvalue weighted by atomic mass is 19.1. The number of carbonyl (C=O) groups excluding carboxylic acids is 3. The molecule has 1 N–H and O–H groups in total. The number of fused-ring (bicyclic) bond motifs is 1. The van der Waals surface area contributed by atoms with Crippen molar-refractivity contribution in [1.29, 1.82) is 0 Å². The zero-order chi connectivity index (χ0) is 22.7. The third-order valence-corrected chi connectivity index (χ3v) is 6.31. The minimum Gasteiger partial charge on any atom is -0.351 e. The molecule has 1 aliphatic heterocycles. The van der Waals surface area contributed by atoms with Gasteiger partial charge >= 0.3 is 0 Å². The number of carbonyl (C=O) groups is 3. The lowest BCUT2D eigenvalue weighted by atomic mass is 9.92. The van der Waals surface area contributed by atoms with E-state index in [1.54, 1.807) is 20.8 Å². The molecule has 0 saturated heterocycles. The van der Waals surface area contributed by atoms with Crippen LogP contribution < -0.4 is 5.32 Å². The predicted molar refractivity (Wildman–Crippen MR) is 111 cm³/mol. The molecule has 0 aromatic heterocycles. The molecular formula is C24H24F2N2O3. The number of halogens is 2. The quantitative estimate of drug-likeness (QED) is 0.750. The van der Waals surface area contributed by atoms with Gasteiger partial charge in [-0.05, 0) is 62.9 Å². The van der Waals surface area contributed by atoms with E-state index in [2.05, 4.69) is 5.32 Å². The van der Waals surface area contributed by atoms with Gasteiger partial charge in [0.05, 0.1) is 11.1 Å². The molecule has 1 fully saturated rings. The number of hydrogen-bond acceptors (Lipinski definition) is 3. The van der Waals surface area contributed by atoms with E-state index in [-0.39, 0.29) is 35.1 Å². The molecule has 2 aromatic carbocycles. The Kier molecular flexibility index (Phi) is 4.76. The second-order valence-corrected chi connectivity index (χ2v) is 9.45. The molecule has 1 saturated carbocycles. The average molecular weight is 426 g/mol. The van der Waals surface area contributed by atoms with Crippen molar-refractivity contribution < 1.29 is 23.2 Å². The fourth-order valence-corrected chi connectivity index (χ4v) is 4.43. The zero-order valence-corrected chi connectivity index (χ0v) is 17.9. The van der Waals surface area contributed by atoms with E-state index in [1.807, 2.05) is 6.92 Å². The molecular weight excluding hydrogens is 402 g/mol. The van der Waals surface area contributed by atoms with E-state index < -0.39 is 34.4 Å². The zero-order valence-electron chi connectivity index (χ0n) is 17.9. The van der Waals surface area contributed by atoms with Gasteiger partial charge in [-0.1, -0.05) is 13.0 Å². The van der Waals surface area contributed by atoms with E-state index in [4.69, 9.17) is 0 Å². The predicted octanol–water partition coefficient (Wildman–Crippen LogP) is 4.07. The van der Waals surface area contributed by atoms with Crippen LogP contribution in [0.25, 0.3) is 0 Å². The highest BCUT2D eigenvalue weighted by Crippen LogP contribution is 2.54. The van der Waals surface area contributed by atoms with Crippen LogP contribution in [0.1, 0.15) is 70.8 Å². The molecule has 2 aliphatic rings. The molecule has 162 valence electrons. The standard InChI is InChI=1S/C24H24F2N2O3/c1-13-11-24(13,18-8-6-15(25)10-19(18)26)12-27-20(29)14-5-7-16-17(9-14)22(31)28(21(16)30)23(2,3)4/h5-10,13H,11-12H2,1-4H3,(H,27,29). The van der Waals surface area contributed by atoms with E-state index in [1.165, 1.54) is 35.2 Å². The summed E-state index contributed by atoms with van der Waals surface area (Å²) in [5.74, 6) is -2.36. The molecule has 31 heavy (non-hydrogen) atoms. The highest BCUT2D eigenvalue weighted by molar-refractivity contribution is 6.22. The Morgan fingerprint density at radius 2 is 1.74 bits per heavy atom.